The Hall–Kier alpha value is -1.91. The van der Waals surface area contributed by atoms with E-state index >= 15 is 0 Å². The lowest BCUT2D eigenvalue weighted by atomic mass is 10.2. The second-order valence-electron chi connectivity index (χ2n) is 2.80. The molecule has 0 aliphatic rings. The predicted molar refractivity (Wildman–Crippen MR) is 46.9 cm³/mol. The fourth-order valence-electron chi connectivity index (χ4n) is 0.994. The molecule has 1 aromatic rings. The van der Waals surface area contributed by atoms with Crippen molar-refractivity contribution in [1.82, 2.24) is 4.98 Å². The molecule has 0 aliphatic heterocycles. The van der Waals surface area contributed by atoms with E-state index in [0.29, 0.717) is 11.3 Å². The molecule has 0 atom stereocenters. The number of aliphatic carboxylic acids is 2. The monoisotopic (exact) mass is 195 g/mol. The van der Waals surface area contributed by atoms with Crippen molar-refractivity contribution in [3.05, 3.63) is 29.6 Å². The molecule has 1 aromatic heterocycles. The highest BCUT2D eigenvalue weighted by Gasteiger charge is 2.03. The zero-order valence-corrected chi connectivity index (χ0v) is 7.30. The van der Waals surface area contributed by atoms with Gasteiger partial charge in [-0.05, 0) is 11.6 Å². The summed E-state index contributed by atoms with van der Waals surface area (Å²) in [5, 5.41) is 16.9. The van der Waals surface area contributed by atoms with Crippen molar-refractivity contribution in [2.75, 3.05) is 0 Å². The maximum Gasteiger partial charge on any atom is 0.309 e. The maximum absolute atomic E-state index is 10.3. The predicted octanol–water partition coefficient (Wildman–Crippen LogP) is 0.336. The SMILES string of the molecule is O=C(O)Cc1ccc(CC(=O)O)nc1. The van der Waals surface area contributed by atoms with Gasteiger partial charge in [-0.25, -0.2) is 0 Å². The van der Waals surface area contributed by atoms with Crippen LogP contribution < -0.4 is 0 Å². The minimum Gasteiger partial charge on any atom is -0.481 e. The van der Waals surface area contributed by atoms with Gasteiger partial charge in [-0.15, -0.1) is 0 Å². The smallest absolute Gasteiger partial charge is 0.309 e. The molecule has 0 radical (unpaired) electrons. The second kappa shape index (κ2) is 4.36. The van der Waals surface area contributed by atoms with Crippen molar-refractivity contribution in [2.24, 2.45) is 0 Å². The largest absolute Gasteiger partial charge is 0.481 e. The van der Waals surface area contributed by atoms with Gasteiger partial charge in [-0.3, -0.25) is 14.6 Å². The van der Waals surface area contributed by atoms with Crippen LogP contribution in [0.15, 0.2) is 18.3 Å². The van der Waals surface area contributed by atoms with Crippen LogP contribution in [0.5, 0.6) is 0 Å². The van der Waals surface area contributed by atoms with Crippen molar-refractivity contribution in [2.45, 2.75) is 12.8 Å². The Kier molecular flexibility index (Phi) is 3.17. The molecule has 0 bridgehead atoms. The highest BCUT2D eigenvalue weighted by molar-refractivity contribution is 5.70. The summed E-state index contributed by atoms with van der Waals surface area (Å²) in [5.74, 6) is -1.89. The average Bonchev–Trinajstić information content (AvgIpc) is 2.06. The van der Waals surface area contributed by atoms with E-state index in [1.807, 2.05) is 0 Å². The van der Waals surface area contributed by atoms with Gasteiger partial charge in [0.15, 0.2) is 0 Å². The van der Waals surface area contributed by atoms with Crippen LogP contribution in [0.25, 0.3) is 0 Å². The van der Waals surface area contributed by atoms with Gasteiger partial charge in [0, 0.05) is 6.20 Å². The highest BCUT2D eigenvalue weighted by Crippen LogP contribution is 2.02. The number of carbonyl (C=O) groups is 2. The Morgan fingerprint density at radius 2 is 1.79 bits per heavy atom. The molecular formula is C9H9NO4. The van der Waals surface area contributed by atoms with Gasteiger partial charge < -0.3 is 10.2 Å². The molecule has 14 heavy (non-hydrogen) atoms. The van der Waals surface area contributed by atoms with Gasteiger partial charge in [0.1, 0.15) is 0 Å². The van der Waals surface area contributed by atoms with E-state index in [-0.39, 0.29) is 12.8 Å². The molecule has 0 spiro atoms. The highest BCUT2D eigenvalue weighted by atomic mass is 16.4. The number of nitrogens with zero attached hydrogens (tertiary/aromatic N) is 1. The molecule has 1 heterocycles. The first-order chi connectivity index (χ1) is 6.58. The zero-order chi connectivity index (χ0) is 10.6. The van der Waals surface area contributed by atoms with Gasteiger partial charge in [0.2, 0.25) is 0 Å². The number of hydrogen-bond donors (Lipinski definition) is 2. The topological polar surface area (TPSA) is 87.5 Å². The Bertz CT molecular complexity index is 309. The first-order valence-electron chi connectivity index (χ1n) is 3.95. The van der Waals surface area contributed by atoms with Crippen LogP contribution in [0.1, 0.15) is 11.3 Å². The van der Waals surface area contributed by atoms with Crippen molar-refractivity contribution in [3.63, 3.8) is 0 Å². The van der Waals surface area contributed by atoms with Crippen LogP contribution in [-0.2, 0) is 22.4 Å². The third-order valence-electron chi connectivity index (χ3n) is 1.57. The van der Waals surface area contributed by atoms with Crippen molar-refractivity contribution in [3.8, 4) is 0 Å². The van der Waals surface area contributed by atoms with Gasteiger partial charge in [-0.1, -0.05) is 6.07 Å². The normalized spacial score (nSPS) is 9.71. The minimum atomic E-state index is -0.955. The fraction of sp³-hybridized carbons (Fsp3) is 0.222. The quantitative estimate of drug-likeness (QED) is 0.723. The minimum absolute atomic E-state index is 0.0969. The lowest BCUT2D eigenvalue weighted by Gasteiger charge is -1.98. The van der Waals surface area contributed by atoms with Crippen molar-refractivity contribution >= 4 is 11.9 Å². The van der Waals surface area contributed by atoms with E-state index in [0.717, 1.165) is 0 Å². The van der Waals surface area contributed by atoms with Crippen molar-refractivity contribution in [1.29, 1.82) is 0 Å². The molecule has 0 unspecified atom stereocenters. The molecule has 0 amide bonds. The third kappa shape index (κ3) is 3.22. The fourth-order valence-corrected chi connectivity index (χ4v) is 0.994. The van der Waals surface area contributed by atoms with E-state index in [1.165, 1.54) is 12.3 Å². The van der Waals surface area contributed by atoms with Crippen LogP contribution in [0, 0.1) is 0 Å². The number of hydrogen-bond acceptors (Lipinski definition) is 3. The zero-order valence-electron chi connectivity index (χ0n) is 7.30. The van der Waals surface area contributed by atoms with E-state index in [9.17, 15) is 9.59 Å². The number of rotatable bonds is 4. The third-order valence-corrected chi connectivity index (χ3v) is 1.57. The first-order valence-corrected chi connectivity index (χ1v) is 3.95. The molecule has 0 aliphatic carbocycles. The van der Waals surface area contributed by atoms with Gasteiger partial charge in [0.25, 0.3) is 0 Å². The Morgan fingerprint density at radius 1 is 1.14 bits per heavy atom. The number of aromatic nitrogens is 1. The molecule has 5 heteroatoms. The Labute approximate surface area is 80.0 Å². The van der Waals surface area contributed by atoms with E-state index in [2.05, 4.69) is 4.98 Å². The summed E-state index contributed by atoms with van der Waals surface area (Å²) >= 11 is 0. The van der Waals surface area contributed by atoms with Gasteiger partial charge in [0.05, 0.1) is 18.5 Å². The first kappa shape index (κ1) is 10.2. The molecule has 74 valence electrons. The van der Waals surface area contributed by atoms with Gasteiger partial charge >= 0.3 is 11.9 Å². The standard InChI is InChI=1S/C9H9NO4/c11-8(12)3-6-1-2-7(10-5-6)4-9(13)14/h1-2,5H,3-4H2,(H,11,12)(H,13,14). The molecule has 0 saturated carbocycles. The van der Waals surface area contributed by atoms with E-state index < -0.39 is 11.9 Å². The second-order valence-corrected chi connectivity index (χ2v) is 2.80. The number of carboxylic acid groups (broad SMARTS) is 2. The maximum atomic E-state index is 10.3. The van der Waals surface area contributed by atoms with E-state index in [1.54, 1.807) is 6.07 Å². The van der Waals surface area contributed by atoms with Crippen LogP contribution in [-0.4, -0.2) is 27.1 Å². The lowest BCUT2D eigenvalue weighted by Crippen LogP contribution is -2.04. The van der Waals surface area contributed by atoms with Gasteiger partial charge in [-0.2, -0.15) is 0 Å². The van der Waals surface area contributed by atoms with Crippen LogP contribution in [0.3, 0.4) is 0 Å². The summed E-state index contributed by atoms with van der Waals surface area (Å²) in [6.45, 7) is 0. The Balaban J connectivity index is 2.68. The molecule has 2 N–H and O–H groups in total. The molecule has 0 fully saturated rings. The summed E-state index contributed by atoms with van der Waals surface area (Å²) in [7, 11) is 0. The van der Waals surface area contributed by atoms with Crippen LogP contribution in [0.4, 0.5) is 0 Å². The van der Waals surface area contributed by atoms with Crippen molar-refractivity contribution < 1.29 is 19.8 Å². The van der Waals surface area contributed by atoms with Crippen LogP contribution >= 0.6 is 0 Å². The number of pyridine rings is 1. The summed E-state index contributed by atoms with van der Waals surface area (Å²) in [5.41, 5.74) is 0.985. The summed E-state index contributed by atoms with van der Waals surface area (Å²) < 4.78 is 0. The molecule has 5 nitrogen and oxygen atoms in total. The van der Waals surface area contributed by atoms with E-state index in [4.69, 9.17) is 10.2 Å². The molecule has 0 saturated heterocycles. The van der Waals surface area contributed by atoms with Crippen LogP contribution in [0.2, 0.25) is 0 Å². The lowest BCUT2D eigenvalue weighted by molar-refractivity contribution is -0.137. The number of carboxylic acids is 2. The summed E-state index contributed by atoms with van der Waals surface area (Å²) in [6, 6.07) is 3.09. The summed E-state index contributed by atoms with van der Waals surface area (Å²) in [4.78, 5) is 24.4. The average molecular weight is 195 g/mol. The molecule has 1 rings (SSSR count). The molecule has 0 aromatic carbocycles. The Morgan fingerprint density at radius 3 is 2.21 bits per heavy atom. The molecular weight excluding hydrogens is 186 g/mol. The summed E-state index contributed by atoms with van der Waals surface area (Å²) in [6.07, 6.45) is 1.14.